The van der Waals surface area contributed by atoms with Crippen molar-refractivity contribution in [1.29, 1.82) is 0 Å². The van der Waals surface area contributed by atoms with Crippen LogP contribution in [0, 0.1) is 0 Å². The second kappa shape index (κ2) is 7.29. The lowest BCUT2D eigenvalue weighted by Crippen LogP contribution is -2.31. The molecule has 0 aliphatic carbocycles. The fourth-order valence-corrected chi connectivity index (χ4v) is 4.13. The summed E-state index contributed by atoms with van der Waals surface area (Å²) in [5, 5.41) is 4.03. The molecule has 1 amide bonds. The molecular formula is C19H17NO3S2. The standard InChI is InChI=1S/C19H17NO3S2/c21-19(12-15-3-1-9-24-15)20(13-16-4-2-10-25-16)14-5-6-17-18(11-14)23-8-7-22-17/h1-6,9-11H,7-8,12-13H2. The van der Waals surface area contributed by atoms with Gasteiger partial charge < -0.3 is 14.4 Å². The van der Waals surface area contributed by atoms with Crippen LogP contribution in [0.2, 0.25) is 0 Å². The average molecular weight is 371 g/mol. The van der Waals surface area contributed by atoms with Crippen molar-refractivity contribution in [2.75, 3.05) is 18.1 Å². The quantitative estimate of drug-likeness (QED) is 0.669. The minimum atomic E-state index is 0.0764. The summed E-state index contributed by atoms with van der Waals surface area (Å²) in [6.07, 6.45) is 0.400. The molecule has 1 aliphatic heterocycles. The Balaban J connectivity index is 1.63. The number of fused-ring (bicyclic) bond motifs is 1. The molecule has 0 N–H and O–H groups in total. The van der Waals surface area contributed by atoms with Gasteiger partial charge in [-0.3, -0.25) is 4.79 Å². The largest absolute Gasteiger partial charge is 0.486 e. The van der Waals surface area contributed by atoms with Crippen molar-refractivity contribution in [3.8, 4) is 11.5 Å². The van der Waals surface area contributed by atoms with Gasteiger partial charge in [-0.1, -0.05) is 12.1 Å². The van der Waals surface area contributed by atoms with Crippen LogP contribution in [0.4, 0.5) is 5.69 Å². The topological polar surface area (TPSA) is 38.8 Å². The maximum atomic E-state index is 13.0. The summed E-state index contributed by atoms with van der Waals surface area (Å²) in [4.78, 5) is 17.0. The van der Waals surface area contributed by atoms with E-state index in [9.17, 15) is 4.79 Å². The summed E-state index contributed by atoms with van der Waals surface area (Å²) in [6.45, 7) is 1.65. The normalized spacial score (nSPS) is 12.8. The molecule has 1 aromatic carbocycles. The molecule has 4 rings (SSSR count). The van der Waals surface area contributed by atoms with Crippen LogP contribution in [0.1, 0.15) is 9.75 Å². The molecule has 0 saturated carbocycles. The zero-order valence-electron chi connectivity index (χ0n) is 13.5. The van der Waals surface area contributed by atoms with Gasteiger partial charge in [-0.15, -0.1) is 22.7 Å². The second-order valence-electron chi connectivity index (χ2n) is 5.64. The fraction of sp³-hybridized carbons (Fsp3) is 0.211. The summed E-state index contributed by atoms with van der Waals surface area (Å²) in [5.41, 5.74) is 0.833. The van der Waals surface area contributed by atoms with Crippen molar-refractivity contribution in [2.24, 2.45) is 0 Å². The third-order valence-corrected chi connectivity index (χ3v) is 5.68. The van der Waals surface area contributed by atoms with Crippen LogP contribution in [0.15, 0.2) is 53.2 Å². The molecule has 0 unspecified atom stereocenters. The highest BCUT2D eigenvalue weighted by Crippen LogP contribution is 2.35. The van der Waals surface area contributed by atoms with Gasteiger partial charge in [0.15, 0.2) is 11.5 Å². The Morgan fingerprint density at radius 1 is 0.960 bits per heavy atom. The SMILES string of the molecule is O=C(Cc1cccs1)N(Cc1cccs1)c1ccc2c(c1)OCCO2. The highest BCUT2D eigenvalue weighted by Gasteiger charge is 2.20. The van der Waals surface area contributed by atoms with E-state index in [0.717, 1.165) is 21.2 Å². The maximum absolute atomic E-state index is 13.0. The van der Waals surface area contributed by atoms with Crippen LogP contribution in [0.25, 0.3) is 0 Å². The third-order valence-electron chi connectivity index (χ3n) is 3.94. The van der Waals surface area contributed by atoms with Gasteiger partial charge >= 0.3 is 0 Å². The van der Waals surface area contributed by atoms with Crippen molar-refractivity contribution in [2.45, 2.75) is 13.0 Å². The summed E-state index contributed by atoms with van der Waals surface area (Å²) >= 11 is 3.26. The molecule has 0 saturated heterocycles. The first-order valence-corrected chi connectivity index (χ1v) is 9.80. The van der Waals surface area contributed by atoms with Crippen LogP contribution in [-0.2, 0) is 17.8 Å². The van der Waals surface area contributed by atoms with Crippen molar-refractivity contribution >= 4 is 34.3 Å². The van der Waals surface area contributed by atoms with E-state index in [1.165, 1.54) is 0 Å². The van der Waals surface area contributed by atoms with Crippen LogP contribution >= 0.6 is 22.7 Å². The van der Waals surface area contributed by atoms with Crippen molar-refractivity contribution in [1.82, 2.24) is 0 Å². The third kappa shape index (κ3) is 3.70. The van der Waals surface area contributed by atoms with Crippen LogP contribution in [0.3, 0.4) is 0 Å². The fourth-order valence-electron chi connectivity index (χ4n) is 2.74. The number of hydrogen-bond acceptors (Lipinski definition) is 5. The summed E-state index contributed by atoms with van der Waals surface area (Å²) < 4.78 is 11.3. The first-order valence-electron chi connectivity index (χ1n) is 8.04. The summed E-state index contributed by atoms with van der Waals surface area (Å²) in [5.74, 6) is 1.51. The van der Waals surface area contributed by atoms with E-state index < -0.39 is 0 Å². The lowest BCUT2D eigenvalue weighted by Gasteiger charge is -2.25. The smallest absolute Gasteiger partial charge is 0.232 e. The average Bonchev–Trinajstić information content (AvgIpc) is 3.33. The number of carbonyl (C=O) groups is 1. The molecule has 25 heavy (non-hydrogen) atoms. The molecule has 6 heteroatoms. The minimum Gasteiger partial charge on any atom is -0.486 e. The number of benzene rings is 1. The molecule has 3 heterocycles. The summed E-state index contributed by atoms with van der Waals surface area (Å²) in [6, 6.07) is 13.7. The first-order chi connectivity index (χ1) is 12.3. The number of rotatable bonds is 5. The van der Waals surface area contributed by atoms with E-state index in [-0.39, 0.29) is 5.91 Å². The number of hydrogen-bond donors (Lipinski definition) is 0. The predicted molar refractivity (Wildman–Crippen MR) is 101 cm³/mol. The van der Waals surface area contributed by atoms with Crippen LogP contribution < -0.4 is 14.4 Å². The summed E-state index contributed by atoms with van der Waals surface area (Å²) in [7, 11) is 0. The van der Waals surface area contributed by atoms with Gasteiger partial charge in [-0.2, -0.15) is 0 Å². The van der Waals surface area contributed by atoms with Crippen LogP contribution in [-0.4, -0.2) is 19.1 Å². The molecule has 0 spiro atoms. The number of anilines is 1. The van der Waals surface area contributed by atoms with Gasteiger partial charge in [0, 0.05) is 21.5 Å². The van der Waals surface area contributed by atoms with E-state index in [1.807, 2.05) is 58.1 Å². The van der Waals surface area contributed by atoms with Crippen molar-refractivity contribution in [3.63, 3.8) is 0 Å². The molecule has 0 radical (unpaired) electrons. The molecule has 1 aliphatic rings. The Bertz CT molecular complexity index is 844. The molecule has 2 aromatic heterocycles. The second-order valence-corrected chi connectivity index (χ2v) is 7.71. The molecule has 3 aromatic rings. The lowest BCUT2D eigenvalue weighted by molar-refractivity contribution is -0.118. The first kappa shape index (κ1) is 16.2. The number of thiophene rings is 2. The maximum Gasteiger partial charge on any atom is 0.232 e. The molecule has 0 fully saturated rings. The van der Waals surface area contributed by atoms with Crippen molar-refractivity contribution < 1.29 is 14.3 Å². The van der Waals surface area contributed by atoms with Gasteiger partial charge in [-0.25, -0.2) is 0 Å². The van der Waals surface area contributed by atoms with Crippen LogP contribution in [0.5, 0.6) is 11.5 Å². The Morgan fingerprint density at radius 3 is 2.40 bits per heavy atom. The van der Waals surface area contributed by atoms with E-state index >= 15 is 0 Å². The minimum absolute atomic E-state index is 0.0764. The number of nitrogens with zero attached hydrogens (tertiary/aromatic N) is 1. The van der Waals surface area contributed by atoms with E-state index in [4.69, 9.17) is 9.47 Å². The monoisotopic (exact) mass is 371 g/mol. The Kier molecular flexibility index (Phi) is 4.72. The Labute approximate surface area is 154 Å². The van der Waals surface area contributed by atoms with E-state index in [1.54, 1.807) is 22.7 Å². The van der Waals surface area contributed by atoms with Gasteiger partial charge in [0.1, 0.15) is 13.2 Å². The van der Waals surface area contributed by atoms with E-state index in [2.05, 4.69) is 0 Å². The highest BCUT2D eigenvalue weighted by molar-refractivity contribution is 7.10. The number of amides is 1. The van der Waals surface area contributed by atoms with Gasteiger partial charge in [-0.05, 0) is 35.0 Å². The van der Waals surface area contributed by atoms with Gasteiger partial charge in [0.2, 0.25) is 5.91 Å². The Morgan fingerprint density at radius 2 is 1.68 bits per heavy atom. The highest BCUT2D eigenvalue weighted by atomic mass is 32.1. The predicted octanol–water partition coefficient (Wildman–Crippen LogP) is 4.36. The molecule has 0 atom stereocenters. The van der Waals surface area contributed by atoms with Gasteiger partial charge in [0.25, 0.3) is 0 Å². The zero-order valence-corrected chi connectivity index (χ0v) is 15.1. The van der Waals surface area contributed by atoms with Gasteiger partial charge in [0.05, 0.1) is 13.0 Å². The van der Waals surface area contributed by atoms with Crippen molar-refractivity contribution in [3.05, 3.63) is 63.0 Å². The number of ether oxygens (including phenoxy) is 2. The molecular weight excluding hydrogens is 354 g/mol. The lowest BCUT2D eigenvalue weighted by atomic mass is 10.2. The molecule has 128 valence electrons. The molecule has 4 nitrogen and oxygen atoms in total. The zero-order chi connectivity index (χ0) is 17.1. The number of carbonyl (C=O) groups excluding carboxylic acids is 1. The molecule has 0 bridgehead atoms. The van der Waals surface area contributed by atoms with E-state index in [0.29, 0.717) is 31.9 Å². The Hall–Kier alpha value is -2.31.